The van der Waals surface area contributed by atoms with Crippen molar-refractivity contribution in [3.8, 4) is 0 Å². The van der Waals surface area contributed by atoms with Crippen LogP contribution in [0.25, 0.3) is 0 Å². The lowest BCUT2D eigenvalue weighted by Gasteiger charge is -2.42. The lowest BCUT2D eigenvalue weighted by Crippen LogP contribution is -2.46. The highest BCUT2D eigenvalue weighted by Crippen LogP contribution is 2.48. The van der Waals surface area contributed by atoms with Crippen LogP contribution in [0.2, 0.25) is 0 Å². The van der Waals surface area contributed by atoms with E-state index in [-0.39, 0.29) is 4.83 Å². The Bertz CT molecular complexity index is 446. The van der Waals surface area contributed by atoms with E-state index in [0.717, 1.165) is 19.3 Å². The predicted octanol–water partition coefficient (Wildman–Crippen LogP) is 3.84. The molecule has 2 nitrogen and oxygen atoms in total. The summed E-state index contributed by atoms with van der Waals surface area (Å²) in [6.45, 7) is 1.33. The average molecular weight is 346 g/mol. The Morgan fingerprint density at radius 2 is 2.00 bits per heavy atom. The summed E-state index contributed by atoms with van der Waals surface area (Å²) in [4.78, 5) is 0.195. The number of rotatable bonds is 3. The number of ether oxygens (including phenoxy) is 2. The molecular formula is C15H18BrClO2. The highest BCUT2D eigenvalue weighted by atomic mass is 79.9. The topological polar surface area (TPSA) is 18.5 Å². The molecule has 0 radical (unpaired) electrons. The van der Waals surface area contributed by atoms with Gasteiger partial charge in [-0.15, -0.1) is 11.6 Å². The molecule has 1 aromatic carbocycles. The molecule has 1 spiro atoms. The van der Waals surface area contributed by atoms with E-state index in [1.807, 2.05) is 0 Å². The maximum atomic E-state index is 6.03. The molecule has 2 unspecified atom stereocenters. The van der Waals surface area contributed by atoms with Gasteiger partial charge < -0.3 is 9.47 Å². The van der Waals surface area contributed by atoms with Crippen LogP contribution in [0.3, 0.4) is 0 Å². The van der Waals surface area contributed by atoms with Crippen LogP contribution >= 0.6 is 27.5 Å². The zero-order valence-electron chi connectivity index (χ0n) is 10.8. The maximum Gasteiger partial charge on any atom is 0.208 e. The van der Waals surface area contributed by atoms with Gasteiger partial charge in [-0.05, 0) is 30.7 Å². The first-order chi connectivity index (χ1) is 9.28. The molecule has 19 heavy (non-hydrogen) atoms. The van der Waals surface area contributed by atoms with Crippen LogP contribution in [-0.4, -0.2) is 23.9 Å². The third-order valence-corrected chi connectivity index (χ3v) is 5.69. The van der Waals surface area contributed by atoms with Crippen LogP contribution in [0, 0.1) is 5.92 Å². The molecule has 1 heterocycles. The summed E-state index contributed by atoms with van der Waals surface area (Å²) in [5.74, 6) is 0.630. The summed E-state index contributed by atoms with van der Waals surface area (Å²) in [7, 11) is 0. The fraction of sp³-hybridized carbons (Fsp3) is 0.600. The number of alkyl halides is 2. The smallest absolute Gasteiger partial charge is 0.208 e. The van der Waals surface area contributed by atoms with Crippen LogP contribution in [0.1, 0.15) is 24.0 Å². The Labute approximate surface area is 127 Å². The van der Waals surface area contributed by atoms with Crippen molar-refractivity contribution in [2.24, 2.45) is 5.92 Å². The van der Waals surface area contributed by atoms with Crippen molar-refractivity contribution in [1.29, 1.82) is 0 Å². The van der Waals surface area contributed by atoms with E-state index in [4.69, 9.17) is 21.1 Å². The van der Waals surface area contributed by atoms with Gasteiger partial charge in [-0.3, -0.25) is 0 Å². The van der Waals surface area contributed by atoms with Crippen molar-refractivity contribution < 1.29 is 9.47 Å². The fourth-order valence-electron chi connectivity index (χ4n) is 3.21. The van der Waals surface area contributed by atoms with E-state index in [1.165, 1.54) is 11.1 Å². The molecule has 1 aliphatic carbocycles. The zero-order chi connectivity index (χ0) is 13.3. The molecular weight excluding hydrogens is 328 g/mol. The molecule has 0 N–H and O–H groups in total. The SMILES string of the molecule is ClCCCC1Cc2ccccc2C2(OCCO2)C1Br. The fourth-order valence-corrected chi connectivity index (χ4v) is 4.33. The quantitative estimate of drug-likeness (QED) is 0.775. The second-order valence-electron chi connectivity index (χ2n) is 5.22. The van der Waals surface area contributed by atoms with E-state index >= 15 is 0 Å². The summed E-state index contributed by atoms with van der Waals surface area (Å²) < 4.78 is 12.1. The predicted molar refractivity (Wildman–Crippen MR) is 79.9 cm³/mol. The average Bonchev–Trinajstić information content (AvgIpc) is 2.92. The molecule has 2 aliphatic rings. The molecule has 3 rings (SSSR count). The van der Waals surface area contributed by atoms with Gasteiger partial charge in [0.15, 0.2) is 0 Å². The molecule has 1 aromatic rings. The number of fused-ring (bicyclic) bond motifs is 2. The first kappa shape index (κ1) is 13.9. The number of hydrogen-bond acceptors (Lipinski definition) is 2. The molecule has 1 saturated heterocycles. The van der Waals surface area contributed by atoms with Gasteiger partial charge in [0.1, 0.15) is 0 Å². The minimum Gasteiger partial charge on any atom is -0.343 e. The molecule has 0 amide bonds. The van der Waals surface area contributed by atoms with Gasteiger partial charge in [-0.2, -0.15) is 0 Å². The van der Waals surface area contributed by atoms with Crippen LogP contribution in [0.4, 0.5) is 0 Å². The Morgan fingerprint density at radius 3 is 2.74 bits per heavy atom. The van der Waals surface area contributed by atoms with Crippen molar-refractivity contribution in [3.05, 3.63) is 35.4 Å². The Balaban J connectivity index is 1.97. The van der Waals surface area contributed by atoms with Gasteiger partial charge in [0.25, 0.3) is 0 Å². The van der Waals surface area contributed by atoms with Gasteiger partial charge in [-0.1, -0.05) is 40.2 Å². The Hall–Kier alpha value is -0.0900. The largest absolute Gasteiger partial charge is 0.343 e. The first-order valence-electron chi connectivity index (χ1n) is 6.84. The third kappa shape index (κ3) is 2.35. The van der Waals surface area contributed by atoms with Gasteiger partial charge in [0, 0.05) is 11.4 Å². The second kappa shape index (κ2) is 5.72. The van der Waals surface area contributed by atoms with Crippen LogP contribution < -0.4 is 0 Å². The van der Waals surface area contributed by atoms with Crippen molar-refractivity contribution in [2.75, 3.05) is 19.1 Å². The Kier molecular flexibility index (Phi) is 4.18. The van der Waals surface area contributed by atoms with Crippen molar-refractivity contribution in [3.63, 3.8) is 0 Å². The molecule has 1 aliphatic heterocycles. The number of hydrogen-bond donors (Lipinski definition) is 0. The highest BCUT2D eigenvalue weighted by Gasteiger charge is 2.51. The van der Waals surface area contributed by atoms with Crippen LogP contribution in [0.5, 0.6) is 0 Å². The van der Waals surface area contributed by atoms with E-state index in [0.29, 0.717) is 25.0 Å². The van der Waals surface area contributed by atoms with Gasteiger partial charge in [-0.25, -0.2) is 0 Å². The molecule has 1 fully saturated rings. The first-order valence-corrected chi connectivity index (χ1v) is 8.29. The van der Waals surface area contributed by atoms with E-state index in [1.54, 1.807) is 0 Å². The van der Waals surface area contributed by atoms with Crippen molar-refractivity contribution in [1.82, 2.24) is 0 Å². The van der Waals surface area contributed by atoms with Gasteiger partial charge >= 0.3 is 0 Å². The lowest BCUT2D eigenvalue weighted by molar-refractivity contribution is -0.177. The lowest BCUT2D eigenvalue weighted by atomic mass is 9.78. The summed E-state index contributed by atoms with van der Waals surface area (Å²) >= 11 is 9.69. The standard InChI is InChI=1S/C15H18BrClO2/c16-14-12(5-3-7-17)10-11-4-1-2-6-13(11)15(14)18-8-9-19-15/h1-2,4,6,12,14H,3,5,7-10H2. The summed E-state index contributed by atoms with van der Waals surface area (Å²) in [5, 5.41) is 0. The molecule has 2 atom stereocenters. The normalized spacial score (nSPS) is 28.5. The van der Waals surface area contributed by atoms with E-state index < -0.39 is 5.79 Å². The van der Waals surface area contributed by atoms with Gasteiger partial charge in [0.05, 0.1) is 18.0 Å². The third-order valence-electron chi connectivity index (χ3n) is 4.08. The summed E-state index contributed by atoms with van der Waals surface area (Å²) in [5.41, 5.74) is 2.54. The van der Waals surface area contributed by atoms with Crippen molar-refractivity contribution >= 4 is 27.5 Å². The highest BCUT2D eigenvalue weighted by molar-refractivity contribution is 9.09. The number of benzene rings is 1. The summed E-state index contributed by atoms with van der Waals surface area (Å²) in [6.07, 6.45) is 3.20. The minimum atomic E-state index is -0.591. The molecule has 104 valence electrons. The molecule has 0 bridgehead atoms. The Morgan fingerprint density at radius 1 is 1.26 bits per heavy atom. The molecule has 0 saturated carbocycles. The zero-order valence-corrected chi connectivity index (χ0v) is 13.1. The number of halogens is 2. The second-order valence-corrected chi connectivity index (χ2v) is 6.58. The summed E-state index contributed by atoms with van der Waals surface area (Å²) in [6, 6.07) is 8.47. The maximum absolute atomic E-state index is 6.03. The van der Waals surface area contributed by atoms with Crippen LogP contribution in [-0.2, 0) is 21.7 Å². The monoisotopic (exact) mass is 344 g/mol. The van der Waals surface area contributed by atoms with Gasteiger partial charge in [0.2, 0.25) is 5.79 Å². The minimum absolute atomic E-state index is 0.195. The van der Waals surface area contributed by atoms with Crippen LogP contribution in [0.15, 0.2) is 24.3 Å². The van der Waals surface area contributed by atoms with E-state index in [9.17, 15) is 0 Å². The molecule has 4 heteroatoms. The molecule has 0 aromatic heterocycles. The van der Waals surface area contributed by atoms with Crippen molar-refractivity contribution in [2.45, 2.75) is 29.9 Å². The van der Waals surface area contributed by atoms with E-state index in [2.05, 4.69) is 40.2 Å².